The lowest BCUT2D eigenvalue weighted by molar-refractivity contribution is -0.115. The van der Waals surface area contributed by atoms with E-state index in [-0.39, 0.29) is 11.2 Å². The van der Waals surface area contributed by atoms with Crippen LogP contribution in [0.3, 0.4) is 0 Å². The van der Waals surface area contributed by atoms with E-state index in [0.717, 1.165) is 27.0 Å². The number of halogens is 1. The first-order valence-electron chi connectivity index (χ1n) is 8.56. The summed E-state index contributed by atoms with van der Waals surface area (Å²) < 4.78 is 2.79. The van der Waals surface area contributed by atoms with E-state index in [1.54, 1.807) is 6.33 Å². The molecular weight excluding hydrogens is 424 g/mol. The first-order chi connectivity index (χ1) is 12.8. The van der Waals surface area contributed by atoms with Crippen LogP contribution < -0.4 is 5.32 Å². The van der Waals surface area contributed by atoms with Crippen LogP contribution in [0.25, 0.3) is 5.69 Å². The van der Waals surface area contributed by atoms with Crippen molar-refractivity contribution in [2.45, 2.75) is 38.1 Å². The second-order valence-electron chi connectivity index (χ2n) is 6.51. The van der Waals surface area contributed by atoms with E-state index < -0.39 is 0 Å². The van der Waals surface area contributed by atoms with E-state index in [1.807, 2.05) is 42.7 Å². The van der Waals surface area contributed by atoms with Gasteiger partial charge in [0.25, 0.3) is 0 Å². The minimum Gasteiger partial charge on any atom is -0.324 e. The lowest BCUT2D eigenvalue weighted by atomic mass is 10.1. The molecule has 3 rings (SSSR count). The van der Waals surface area contributed by atoms with Crippen LogP contribution in [0, 0.1) is 20.8 Å². The van der Waals surface area contributed by atoms with E-state index in [4.69, 9.17) is 0 Å². The SMILES string of the molecule is Cc1ccc(-n2cnnc2SC(C)C(=O)Nc2ccc(C)cc2Br)c(C)c1. The highest BCUT2D eigenvalue weighted by Gasteiger charge is 2.19. The number of hydrogen-bond acceptors (Lipinski definition) is 4. The van der Waals surface area contributed by atoms with Crippen molar-refractivity contribution in [3.05, 3.63) is 63.9 Å². The molecule has 7 heteroatoms. The summed E-state index contributed by atoms with van der Waals surface area (Å²) in [5.74, 6) is -0.0836. The Balaban J connectivity index is 1.76. The molecule has 0 aliphatic heterocycles. The number of carbonyl (C=O) groups is 1. The lowest BCUT2D eigenvalue weighted by Crippen LogP contribution is -2.23. The molecule has 5 nitrogen and oxygen atoms in total. The maximum absolute atomic E-state index is 12.6. The number of aryl methyl sites for hydroxylation is 3. The van der Waals surface area contributed by atoms with Crippen LogP contribution in [-0.2, 0) is 4.79 Å². The minimum atomic E-state index is -0.327. The zero-order valence-electron chi connectivity index (χ0n) is 15.7. The predicted octanol–water partition coefficient (Wildman–Crippen LogP) is 5.07. The number of nitrogens with zero attached hydrogens (tertiary/aromatic N) is 3. The van der Waals surface area contributed by atoms with E-state index in [9.17, 15) is 4.79 Å². The third-order valence-corrected chi connectivity index (χ3v) is 5.88. The maximum Gasteiger partial charge on any atom is 0.237 e. The number of rotatable bonds is 5. The Hall–Kier alpha value is -2.12. The van der Waals surface area contributed by atoms with Gasteiger partial charge in [-0.25, -0.2) is 0 Å². The smallest absolute Gasteiger partial charge is 0.237 e. The van der Waals surface area contributed by atoms with Gasteiger partial charge in [0.05, 0.1) is 16.6 Å². The molecule has 1 atom stereocenters. The number of nitrogens with one attached hydrogen (secondary N) is 1. The number of hydrogen-bond donors (Lipinski definition) is 1. The maximum atomic E-state index is 12.6. The van der Waals surface area contributed by atoms with Gasteiger partial charge in [0, 0.05) is 4.47 Å². The quantitative estimate of drug-likeness (QED) is 0.557. The summed E-state index contributed by atoms with van der Waals surface area (Å²) in [6.45, 7) is 7.99. The van der Waals surface area contributed by atoms with Gasteiger partial charge in [-0.15, -0.1) is 10.2 Å². The van der Waals surface area contributed by atoms with Gasteiger partial charge in [-0.2, -0.15) is 0 Å². The van der Waals surface area contributed by atoms with Crippen LogP contribution in [0.4, 0.5) is 5.69 Å². The van der Waals surface area contributed by atoms with Gasteiger partial charge in [-0.3, -0.25) is 9.36 Å². The Morgan fingerprint density at radius 1 is 1.15 bits per heavy atom. The average molecular weight is 445 g/mol. The van der Waals surface area contributed by atoms with Crippen molar-refractivity contribution >= 4 is 39.3 Å². The largest absolute Gasteiger partial charge is 0.324 e. The molecule has 140 valence electrons. The molecular formula is C20H21BrN4OS. The number of benzene rings is 2. The van der Waals surface area contributed by atoms with Gasteiger partial charge in [0.1, 0.15) is 6.33 Å². The summed E-state index contributed by atoms with van der Waals surface area (Å²) in [5, 5.41) is 11.6. The average Bonchev–Trinajstić information content (AvgIpc) is 3.05. The Morgan fingerprint density at radius 3 is 2.56 bits per heavy atom. The third-order valence-electron chi connectivity index (χ3n) is 4.16. The Kier molecular flexibility index (Phi) is 6.01. The predicted molar refractivity (Wildman–Crippen MR) is 114 cm³/mol. The molecule has 0 radical (unpaired) electrons. The van der Waals surface area contributed by atoms with Gasteiger partial charge in [0.2, 0.25) is 5.91 Å². The molecule has 1 aromatic heterocycles. The highest BCUT2D eigenvalue weighted by atomic mass is 79.9. The first-order valence-corrected chi connectivity index (χ1v) is 10.2. The fourth-order valence-electron chi connectivity index (χ4n) is 2.71. The molecule has 2 aromatic carbocycles. The van der Waals surface area contributed by atoms with Crippen LogP contribution in [0.5, 0.6) is 0 Å². The van der Waals surface area contributed by atoms with E-state index in [2.05, 4.69) is 57.4 Å². The summed E-state index contributed by atoms with van der Waals surface area (Å²) >= 11 is 4.88. The molecule has 27 heavy (non-hydrogen) atoms. The normalized spacial score (nSPS) is 12.0. The Bertz CT molecular complexity index is 986. The van der Waals surface area contributed by atoms with Crippen molar-refractivity contribution < 1.29 is 4.79 Å². The fourth-order valence-corrected chi connectivity index (χ4v) is 4.14. The molecule has 0 bridgehead atoms. The summed E-state index contributed by atoms with van der Waals surface area (Å²) in [6, 6.07) is 12.1. The van der Waals surface area contributed by atoms with E-state index in [0.29, 0.717) is 5.16 Å². The van der Waals surface area contributed by atoms with Crippen molar-refractivity contribution in [3.8, 4) is 5.69 Å². The Labute approximate surface area is 171 Å². The van der Waals surface area contributed by atoms with Crippen molar-refractivity contribution in [1.29, 1.82) is 0 Å². The zero-order valence-corrected chi connectivity index (χ0v) is 18.1. The molecule has 1 amide bonds. The Morgan fingerprint density at radius 2 is 1.85 bits per heavy atom. The van der Waals surface area contributed by atoms with Crippen molar-refractivity contribution in [2.24, 2.45) is 0 Å². The molecule has 1 N–H and O–H groups in total. The topological polar surface area (TPSA) is 59.8 Å². The molecule has 0 saturated carbocycles. The number of anilines is 1. The summed E-state index contributed by atoms with van der Waals surface area (Å²) in [7, 11) is 0. The third kappa shape index (κ3) is 4.59. The second kappa shape index (κ2) is 8.27. The summed E-state index contributed by atoms with van der Waals surface area (Å²) in [4.78, 5) is 12.6. The molecule has 0 saturated heterocycles. The van der Waals surface area contributed by atoms with Crippen LogP contribution in [-0.4, -0.2) is 25.9 Å². The summed E-state index contributed by atoms with van der Waals surface area (Å²) in [6.07, 6.45) is 1.68. The second-order valence-corrected chi connectivity index (χ2v) is 8.67. The standard InChI is InChI=1S/C20H21BrN4OS/c1-12-6-8-18(14(3)9-12)25-11-22-24-20(25)27-15(4)19(26)23-17-7-5-13(2)10-16(17)21/h5-11,15H,1-4H3,(H,23,26). The van der Waals surface area contributed by atoms with Crippen LogP contribution in [0.15, 0.2) is 52.4 Å². The number of amides is 1. The fraction of sp³-hybridized carbons (Fsp3) is 0.250. The first kappa shape index (κ1) is 19.6. The van der Waals surface area contributed by atoms with Crippen molar-refractivity contribution in [3.63, 3.8) is 0 Å². The van der Waals surface area contributed by atoms with Crippen LogP contribution >= 0.6 is 27.7 Å². The van der Waals surface area contributed by atoms with Gasteiger partial charge in [-0.05, 0) is 73.0 Å². The van der Waals surface area contributed by atoms with Gasteiger partial charge in [0.15, 0.2) is 5.16 Å². The zero-order chi connectivity index (χ0) is 19.6. The van der Waals surface area contributed by atoms with Gasteiger partial charge in [-0.1, -0.05) is 35.5 Å². The monoisotopic (exact) mass is 444 g/mol. The van der Waals surface area contributed by atoms with E-state index in [1.165, 1.54) is 17.3 Å². The highest BCUT2D eigenvalue weighted by molar-refractivity contribution is 9.10. The van der Waals surface area contributed by atoms with Crippen LogP contribution in [0.1, 0.15) is 23.6 Å². The molecule has 1 heterocycles. The van der Waals surface area contributed by atoms with Crippen molar-refractivity contribution in [2.75, 3.05) is 5.32 Å². The highest BCUT2D eigenvalue weighted by Crippen LogP contribution is 2.28. The van der Waals surface area contributed by atoms with Crippen molar-refractivity contribution in [1.82, 2.24) is 14.8 Å². The van der Waals surface area contributed by atoms with Gasteiger partial charge >= 0.3 is 0 Å². The minimum absolute atomic E-state index is 0.0836. The molecule has 3 aromatic rings. The molecule has 0 spiro atoms. The number of aromatic nitrogens is 3. The van der Waals surface area contributed by atoms with Crippen LogP contribution in [0.2, 0.25) is 0 Å². The number of thioether (sulfide) groups is 1. The number of carbonyl (C=O) groups excluding carboxylic acids is 1. The lowest BCUT2D eigenvalue weighted by Gasteiger charge is -2.14. The summed E-state index contributed by atoms with van der Waals surface area (Å²) in [5.41, 5.74) is 5.24. The molecule has 0 fully saturated rings. The molecule has 1 unspecified atom stereocenters. The molecule has 0 aliphatic carbocycles. The van der Waals surface area contributed by atoms with E-state index >= 15 is 0 Å². The molecule has 0 aliphatic rings. The van der Waals surface area contributed by atoms with Gasteiger partial charge < -0.3 is 5.32 Å².